The summed E-state index contributed by atoms with van der Waals surface area (Å²) in [5, 5.41) is 0. The average molecular weight is 238 g/mol. The van der Waals surface area contributed by atoms with Crippen LogP contribution < -0.4 is 10.6 Å². The second kappa shape index (κ2) is 4.18. The maximum absolute atomic E-state index is 11.4. The molecule has 3 nitrogen and oxygen atoms in total. The van der Waals surface area contributed by atoms with Crippen molar-refractivity contribution in [2.45, 2.75) is 13.1 Å². The Balaban J connectivity index is 1.98. The number of nitrogens with zero attached hydrogens (tertiary/aromatic N) is 1. The molecule has 1 amide bonds. The molecule has 0 radical (unpaired) electrons. The van der Waals surface area contributed by atoms with Gasteiger partial charge in [-0.05, 0) is 23.3 Å². The van der Waals surface area contributed by atoms with Gasteiger partial charge >= 0.3 is 0 Å². The Bertz CT molecular complexity index is 582. The molecule has 0 atom stereocenters. The molecule has 2 N–H and O–H groups in total. The second-order valence-corrected chi connectivity index (χ2v) is 4.51. The SMILES string of the molecule is NC(=O)c1ccccc1N1Cc2ccccc2C1. The summed E-state index contributed by atoms with van der Waals surface area (Å²) in [6, 6.07) is 15.8. The van der Waals surface area contributed by atoms with Crippen LogP contribution in [0, 0.1) is 0 Å². The molecule has 2 aromatic rings. The van der Waals surface area contributed by atoms with Gasteiger partial charge < -0.3 is 10.6 Å². The lowest BCUT2D eigenvalue weighted by atomic mass is 10.1. The van der Waals surface area contributed by atoms with Crippen LogP contribution in [0.15, 0.2) is 48.5 Å². The summed E-state index contributed by atoms with van der Waals surface area (Å²) < 4.78 is 0. The summed E-state index contributed by atoms with van der Waals surface area (Å²) in [6.07, 6.45) is 0. The van der Waals surface area contributed by atoms with Gasteiger partial charge in [0, 0.05) is 13.1 Å². The molecule has 1 heterocycles. The van der Waals surface area contributed by atoms with E-state index >= 15 is 0 Å². The van der Waals surface area contributed by atoms with Crippen LogP contribution >= 0.6 is 0 Å². The number of amides is 1. The van der Waals surface area contributed by atoms with Crippen LogP contribution in [0.25, 0.3) is 0 Å². The van der Waals surface area contributed by atoms with Crippen LogP contribution in [-0.4, -0.2) is 5.91 Å². The first-order valence-corrected chi connectivity index (χ1v) is 5.96. The number of carbonyl (C=O) groups excluding carboxylic acids is 1. The third-order valence-corrected chi connectivity index (χ3v) is 3.35. The van der Waals surface area contributed by atoms with Gasteiger partial charge in [0.1, 0.15) is 0 Å². The summed E-state index contributed by atoms with van der Waals surface area (Å²) in [6.45, 7) is 1.67. The molecule has 18 heavy (non-hydrogen) atoms. The molecule has 0 bridgehead atoms. The molecule has 0 saturated carbocycles. The number of hydrogen-bond acceptors (Lipinski definition) is 2. The van der Waals surface area contributed by atoms with E-state index in [0.717, 1.165) is 18.8 Å². The normalized spacial score (nSPS) is 13.4. The van der Waals surface area contributed by atoms with E-state index in [1.54, 1.807) is 6.07 Å². The van der Waals surface area contributed by atoms with Gasteiger partial charge in [0.2, 0.25) is 0 Å². The Hall–Kier alpha value is -2.29. The molecular weight excluding hydrogens is 224 g/mol. The minimum absolute atomic E-state index is 0.374. The number of hydrogen-bond donors (Lipinski definition) is 1. The van der Waals surface area contributed by atoms with Gasteiger partial charge in [0.05, 0.1) is 11.3 Å². The second-order valence-electron chi connectivity index (χ2n) is 4.51. The van der Waals surface area contributed by atoms with Crippen LogP contribution in [0.4, 0.5) is 5.69 Å². The van der Waals surface area contributed by atoms with Crippen molar-refractivity contribution in [3.63, 3.8) is 0 Å². The molecule has 1 aliphatic rings. The third kappa shape index (κ3) is 1.74. The van der Waals surface area contributed by atoms with Crippen LogP contribution in [-0.2, 0) is 13.1 Å². The van der Waals surface area contributed by atoms with E-state index in [0.29, 0.717) is 5.56 Å². The highest BCUT2D eigenvalue weighted by molar-refractivity contribution is 5.98. The van der Waals surface area contributed by atoms with Crippen LogP contribution in [0.5, 0.6) is 0 Å². The molecule has 3 heteroatoms. The number of anilines is 1. The predicted molar refractivity (Wildman–Crippen MR) is 71.3 cm³/mol. The monoisotopic (exact) mass is 238 g/mol. The zero-order valence-electron chi connectivity index (χ0n) is 9.97. The van der Waals surface area contributed by atoms with E-state index in [1.165, 1.54) is 11.1 Å². The number of nitrogens with two attached hydrogens (primary N) is 1. The van der Waals surface area contributed by atoms with E-state index in [-0.39, 0.29) is 5.91 Å². The van der Waals surface area contributed by atoms with Crippen LogP contribution in [0.2, 0.25) is 0 Å². The largest absolute Gasteiger partial charge is 0.366 e. The first-order valence-electron chi connectivity index (χ1n) is 5.96. The van der Waals surface area contributed by atoms with Gasteiger partial charge in [-0.25, -0.2) is 0 Å². The fraction of sp³-hybridized carbons (Fsp3) is 0.133. The quantitative estimate of drug-likeness (QED) is 0.872. The number of primary amides is 1. The van der Waals surface area contributed by atoms with E-state index in [4.69, 9.17) is 5.73 Å². The first kappa shape index (κ1) is 10.8. The van der Waals surface area contributed by atoms with Gasteiger partial charge in [0.15, 0.2) is 0 Å². The van der Waals surface area contributed by atoms with Gasteiger partial charge in [-0.1, -0.05) is 36.4 Å². The Labute approximate surface area is 106 Å². The van der Waals surface area contributed by atoms with Crippen molar-refractivity contribution in [2.75, 3.05) is 4.90 Å². The molecule has 0 aliphatic carbocycles. The highest BCUT2D eigenvalue weighted by atomic mass is 16.1. The van der Waals surface area contributed by atoms with Gasteiger partial charge in [-0.3, -0.25) is 4.79 Å². The lowest BCUT2D eigenvalue weighted by Gasteiger charge is -2.20. The number of para-hydroxylation sites is 1. The number of rotatable bonds is 2. The Morgan fingerprint density at radius 3 is 2.11 bits per heavy atom. The Kier molecular flexibility index (Phi) is 2.52. The maximum Gasteiger partial charge on any atom is 0.250 e. The number of benzene rings is 2. The smallest absolute Gasteiger partial charge is 0.250 e. The fourth-order valence-corrected chi connectivity index (χ4v) is 2.46. The van der Waals surface area contributed by atoms with Crippen molar-refractivity contribution < 1.29 is 4.79 Å². The van der Waals surface area contributed by atoms with Crippen molar-refractivity contribution in [3.8, 4) is 0 Å². The number of carbonyl (C=O) groups is 1. The molecule has 90 valence electrons. The molecule has 0 unspecified atom stereocenters. The maximum atomic E-state index is 11.4. The molecule has 0 saturated heterocycles. The van der Waals surface area contributed by atoms with Crippen molar-refractivity contribution in [3.05, 3.63) is 65.2 Å². The molecule has 3 rings (SSSR count). The number of fused-ring (bicyclic) bond motifs is 1. The van der Waals surface area contributed by atoms with Crippen LogP contribution in [0.3, 0.4) is 0 Å². The summed E-state index contributed by atoms with van der Waals surface area (Å²) in [4.78, 5) is 13.6. The minimum atomic E-state index is -0.374. The summed E-state index contributed by atoms with van der Waals surface area (Å²) in [5.41, 5.74) is 9.56. The van der Waals surface area contributed by atoms with Crippen LogP contribution in [0.1, 0.15) is 21.5 Å². The molecule has 0 fully saturated rings. The van der Waals surface area contributed by atoms with Crippen molar-refractivity contribution in [2.24, 2.45) is 5.73 Å². The van der Waals surface area contributed by atoms with E-state index in [9.17, 15) is 4.79 Å². The molecular formula is C15H14N2O. The van der Waals surface area contributed by atoms with E-state index in [1.807, 2.05) is 30.3 Å². The Morgan fingerprint density at radius 1 is 0.944 bits per heavy atom. The standard InChI is InChI=1S/C15H14N2O/c16-15(18)13-7-3-4-8-14(13)17-9-11-5-1-2-6-12(11)10-17/h1-8H,9-10H2,(H2,16,18). The lowest BCUT2D eigenvalue weighted by molar-refractivity contribution is 0.100. The summed E-state index contributed by atoms with van der Waals surface area (Å²) >= 11 is 0. The average Bonchev–Trinajstić information content (AvgIpc) is 2.82. The minimum Gasteiger partial charge on any atom is -0.366 e. The molecule has 0 aromatic heterocycles. The Morgan fingerprint density at radius 2 is 1.50 bits per heavy atom. The third-order valence-electron chi connectivity index (χ3n) is 3.35. The zero-order chi connectivity index (χ0) is 12.5. The molecule has 2 aromatic carbocycles. The zero-order valence-corrected chi connectivity index (χ0v) is 9.97. The van der Waals surface area contributed by atoms with E-state index in [2.05, 4.69) is 17.0 Å². The predicted octanol–water partition coefficient (Wildman–Crippen LogP) is 2.31. The summed E-state index contributed by atoms with van der Waals surface area (Å²) in [7, 11) is 0. The van der Waals surface area contributed by atoms with Gasteiger partial charge in [-0.2, -0.15) is 0 Å². The fourth-order valence-electron chi connectivity index (χ4n) is 2.46. The highest BCUT2D eigenvalue weighted by Crippen LogP contribution is 2.30. The van der Waals surface area contributed by atoms with Crippen molar-refractivity contribution in [1.82, 2.24) is 0 Å². The van der Waals surface area contributed by atoms with Gasteiger partial charge in [0.25, 0.3) is 5.91 Å². The molecule has 1 aliphatic heterocycles. The topological polar surface area (TPSA) is 46.3 Å². The van der Waals surface area contributed by atoms with E-state index < -0.39 is 0 Å². The summed E-state index contributed by atoms with van der Waals surface area (Å²) in [5.74, 6) is -0.374. The molecule has 0 spiro atoms. The highest BCUT2D eigenvalue weighted by Gasteiger charge is 2.21. The lowest BCUT2D eigenvalue weighted by Crippen LogP contribution is -2.20. The van der Waals surface area contributed by atoms with Gasteiger partial charge in [-0.15, -0.1) is 0 Å². The van der Waals surface area contributed by atoms with Crippen molar-refractivity contribution in [1.29, 1.82) is 0 Å². The first-order chi connectivity index (χ1) is 8.75. The van der Waals surface area contributed by atoms with Crippen molar-refractivity contribution >= 4 is 11.6 Å².